The summed E-state index contributed by atoms with van der Waals surface area (Å²) in [7, 11) is 0. The highest BCUT2D eigenvalue weighted by Gasteiger charge is 2.34. The number of hydrogen-bond acceptors (Lipinski definition) is 3. The van der Waals surface area contributed by atoms with Gasteiger partial charge in [-0.2, -0.15) is 0 Å². The van der Waals surface area contributed by atoms with Gasteiger partial charge in [-0.25, -0.2) is 0 Å². The second kappa shape index (κ2) is 7.82. The van der Waals surface area contributed by atoms with Gasteiger partial charge in [0.1, 0.15) is 0 Å². The van der Waals surface area contributed by atoms with E-state index in [-0.39, 0.29) is 5.97 Å². The summed E-state index contributed by atoms with van der Waals surface area (Å²) < 4.78 is 5.08. The third kappa shape index (κ3) is 6.08. The molecule has 0 amide bonds. The van der Waals surface area contributed by atoms with Crippen molar-refractivity contribution in [3.8, 4) is 0 Å². The van der Waals surface area contributed by atoms with Gasteiger partial charge in [-0.1, -0.05) is 11.6 Å². The number of rotatable bonds is 6. The van der Waals surface area contributed by atoms with E-state index in [0.29, 0.717) is 18.4 Å². The molecule has 0 saturated heterocycles. The Morgan fingerprint density at radius 1 is 1.25 bits per heavy atom. The molecule has 3 heteroatoms. The predicted molar refractivity (Wildman–Crippen MR) is 81.4 cm³/mol. The molecule has 20 heavy (non-hydrogen) atoms. The van der Waals surface area contributed by atoms with Crippen LogP contribution in [-0.4, -0.2) is 23.3 Å². The molecule has 1 atom stereocenters. The predicted octanol–water partition coefficient (Wildman–Crippen LogP) is 3.85. The van der Waals surface area contributed by atoms with Crippen LogP contribution in [0, 0.1) is 11.8 Å². The van der Waals surface area contributed by atoms with Crippen molar-refractivity contribution in [2.24, 2.45) is 11.8 Å². The van der Waals surface area contributed by atoms with Gasteiger partial charge in [0.15, 0.2) is 0 Å². The minimum Gasteiger partial charge on any atom is -0.466 e. The number of aliphatic hydroxyl groups is 1. The van der Waals surface area contributed by atoms with E-state index in [1.165, 1.54) is 12.5 Å². The number of esters is 1. The fraction of sp³-hybridized carbons (Fsp3) is 0.824. The molecule has 1 aliphatic rings. The lowest BCUT2D eigenvalue weighted by Gasteiger charge is -2.38. The van der Waals surface area contributed by atoms with Crippen molar-refractivity contribution in [3.63, 3.8) is 0 Å². The molecule has 0 heterocycles. The van der Waals surface area contributed by atoms with Gasteiger partial charge >= 0.3 is 5.97 Å². The van der Waals surface area contributed by atoms with Crippen LogP contribution in [0.3, 0.4) is 0 Å². The molecule has 0 aromatic rings. The van der Waals surface area contributed by atoms with Crippen molar-refractivity contribution in [1.29, 1.82) is 0 Å². The molecule has 0 aromatic carbocycles. The van der Waals surface area contributed by atoms with Crippen LogP contribution in [0.5, 0.6) is 0 Å². The van der Waals surface area contributed by atoms with E-state index >= 15 is 0 Å². The highest BCUT2D eigenvalue weighted by Crippen LogP contribution is 2.37. The van der Waals surface area contributed by atoms with Gasteiger partial charge in [-0.05, 0) is 71.1 Å². The van der Waals surface area contributed by atoms with Gasteiger partial charge in [0.05, 0.1) is 12.2 Å². The Hall–Kier alpha value is -0.830. The Morgan fingerprint density at radius 3 is 2.35 bits per heavy atom. The van der Waals surface area contributed by atoms with Crippen LogP contribution in [0.1, 0.15) is 66.2 Å². The summed E-state index contributed by atoms with van der Waals surface area (Å²) in [6.07, 6.45) is 8.15. The van der Waals surface area contributed by atoms with E-state index in [4.69, 9.17) is 4.74 Å². The lowest BCUT2D eigenvalue weighted by atomic mass is 9.73. The van der Waals surface area contributed by atoms with Crippen LogP contribution in [-0.2, 0) is 9.53 Å². The average molecular weight is 282 g/mol. The summed E-state index contributed by atoms with van der Waals surface area (Å²) in [6, 6.07) is 0. The summed E-state index contributed by atoms with van der Waals surface area (Å²) in [5.74, 6) is 0.659. The lowest BCUT2D eigenvalue weighted by Crippen LogP contribution is -2.37. The zero-order valence-corrected chi connectivity index (χ0v) is 13.4. The average Bonchev–Trinajstić information content (AvgIpc) is 2.36. The monoisotopic (exact) mass is 282 g/mol. The third-order valence-corrected chi connectivity index (χ3v) is 4.45. The topological polar surface area (TPSA) is 46.5 Å². The fourth-order valence-electron chi connectivity index (χ4n) is 3.04. The molecule has 0 aliphatic heterocycles. The molecule has 3 nitrogen and oxygen atoms in total. The van der Waals surface area contributed by atoms with E-state index in [2.05, 4.69) is 19.9 Å². The highest BCUT2D eigenvalue weighted by atomic mass is 16.5. The summed E-state index contributed by atoms with van der Waals surface area (Å²) in [5.41, 5.74) is 0.740. The summed E-state index contributed by atoms with van der Waals surface area (Å²) in [4.78, 5) is 10.8. The van der Waals surface area contributed by atoms with Gasteiger partial charge in [0.25, 0.3) is 0 Å². The Balaban J connectivity index is 2.35. The quantitative estimate of drug-likeness (QED) is 0.594. The first kappa shape index (κ1) is 17.2. The van der Waals surface area contributed by atoms with Gasteiger partial charge < -0.3 is 9.84 Å². The van der Waals surface area contributed by atoms with E-state index in [9.17, 15) is 9.90 Å². The Morgan fingerprint density at radius 2 is 1.85 bits per heavy atom. The van der Waals surface area contributed by atoms with Crippen molar-refractivity contribution < 1.29 is 14.6 Å². The van der Waals surface area contributed by atoms with Crippen LogP contribution >= 0.6 is 0 Å². The minimum absolute atomic E-state index is 0.194. The molecule has 0 bridgehead atoms. The van der Waals surface area contributed by atoms with Crippen LogP contribution in [0.2, 0.25) is 0 Å². The summed E-state index contributed by atoms with van der Waals surface area (Å²) in [5, 5.41) is 10.6. The van der Waals surface area contributed by atoms with Crippen molar-refractivity contribution in [2.45, 2.75) is 71.8 Å². The zero-order valence-electron chi connectivity index (χ0n) is 13.4. The summed E-state index contributed by atoms with van der Waals surface area (Å²) in [6.45, 7) is 8.16. The Labute approximate surface area is 123 Å². The SMILES string of the molecule is CC(=O)OCC1CCC([C@](C)(O)CCC=C(C)C)CC1. The van der Waals surface area contributed by atoms with Gasteiger partial charge in [-0.3, -0.25) is 4.79 Å². The molecule has 1 saturated carbocycles. The lowest BCUT2D eigenvalue weighted by molar-refractivity contribution is -0.143. The molecule has 1 aliphatic carbocycles. The number of allylic oxidation sites excluding steroid dienone is 2. The van der Waals surface area contributed by atoms with E-state index in [1.54, 1.807) is 0 Å². The van der Waals surface area contributed by atoms with Crippen molar-refractivity contribution >= 4 is 5.97 Å². The molecular weight excluding hydrogens is 252 g/mol. The highest BCUT2D eigenvalue weighted by molar-refractivity contribution is 5.65. The van der Waals surface area contributed by atoms with Crippen molar-refractivity contribution in [1.82, 2.24) is 0 Å². The summed E-state index contributed by atoms with van der Waals surface area (Å²) >= 11 is 0. The maximum Gasteiger partial charge on any atom is 0.302 e. The fourth-order valence-corrected chi connectivity index (χ4v) is 3.04. The smallest absolute Gasteiger partial charge is 0.302 e. The maximum atomic E-state index is 10.8. The molecule has 116 valence electrons. The molecule has 0 aromatic heterocycles. The van der Waals surface area contributed by atoms with Crippen molar-refractivity contribution in [3.05, 3.63) is 11.6 Å². The first-order valence-corrected chi connectivity index (χ1v) is 7.80. The molecule has 1 fully saturated rings. The van der Waals surface area contributed by atoms with E-state index in [0.717, 1.165) is 38.5 Å². The number of hydrogen-bond donors (Lipinski definition) is 1. The normalized spacial score (nSPS) is 25.6. The molecular formula is C17H30O3. The Kier molecular flexibility index (Phi) is 6.74. The molecule has 0 spiro atoms. The third-order valence-electron chi connectivity index (χ3n) is 4.45. The van der Waals surface area contributed by atoms with Crippen LogP contribution in [0.4, 0.5) is 0 Å². The first-order chi connectivity index (χ1) is 9.31. The first-order valence-electron chi connectivity index (χ1n) is 7.80. The maximum absolute atomic E-state index is 10.8. The van der Waals surface area contributed by atoms with E-state index < -0.39 is 5.60 Å². The van der Waals surface area contributed by atoms with Crippen LogP contribution in [0.15, 0.2) is 11.6 Å². The molecule has 1 N–H and O–H groups in total. The second-order valence-corrected chi connectivity index (χ2v) is 6.70. The minimum atomic E-state index is -0.571. The zero-order chi connectivity index (χ0) is 15.2. The standard InChI is InChI=1S/C17H30O3/c1-13(2)6-5-11-17(4,19)16-9-7-15(8-10-16)12-20-14(3)18/h6,15-16,19H,5,7-12H2,1-4H3/t15?,16?,17-/m1/s1. The molecule has 0 unspecified atom stereocenters. The largest absolute Gasteiger partial charge is 0.466 e. The molecule has 0 radical (unpaired) electrons. The Bertz CT molecular complexity index is 332. The van der Waals surface area contributed by atoms with Gasteiger partial charge in [0.2, 0.25) is 0 Å². The second-order valence-electron chi connectivity index (χ2n) is 6.70. The van der Waals surface area contributed by atoms with Gasteiger partial charge in [-0.15, -0.1) is 0 Å². The van der Waals surface area contributed by atoms with Crippen LogP contribution < -0.4 is 0 Å². The number of carbonyl (C=O) groups is 1. The number of carbonyl (C=O) groups excluding carboxylic acids is 1. The van der Waals surface area contributed by atoms with E-state index in [1.807, 2.05) is 6.92 Å². The van der Waals surface area contributed by atoms with Gasteiger partial charge in [0, 0.05) is 6.92 Å². The number of ether oxygens (including phenoxy) is 1. The molecule has 1 rings (SSSR count). The van der Waals surface area contributed by atoms with Crippen LogP contribution in [0.25, 0.3) is 0 Å². The van der Waals surface area contributed by atoms with Crippen molar-refractivity contribution in [2.75, 3.05) is 6.61 Å².